The number of H-pyrrole nitrogens is 1. The minimum atomic E-state index is -5.21. The zero-order chi connectivity index (χ0) is 16.0. The molecule has 0 amide bonds. The molecule has 1 aromatic rings. The molecule has 0 radical (unpaired) electrons. The maximum absolute atomic E-state index is 13.2. The van der Waals surface area contributed by atoms with Gasteiger partial charge in [-0.3, -0.25) is 4.57 Å². The monoisotopic (exact) mass is 344 g/mol. The van der Waals surface area contributed by atoms with Crippen LogP contribution in [0.2, 0.25) is 0 Å². The molecule has 11 heteroatoms. The quantitative estimate of drug-likeness (QED) is 0.594. The second-order valence-corrected chi connectivity index (χ2v) is 5.32. The lowest BCUT2D eigenvalue weighted by Gasteiger charge is -2.33. The van der Waals surface area contributed by atoms with E-state index in [0.717, 1.165) is 10.8 Å². The van der Waals surface area contributed by atoms with E-state index in [4.69, 9.17) is 34.3 Å². The Hall–Kier alpha value is -0.850. The molecule has 21 heavy (non-hydrogen) atoms. The molecule has 1 fully saturated rings. The summed E-state index contributed by atoms with van der Waals surface area (Å²) < 4.78 is 45.3. The SMILES string of the molecule is OC[C@H]1O[C@@H](n2ccc(=S)[nH]c2=S)[C@@](O)(C(F)(F)F)C1O. The van der Waals surface area contributed by atoms with Crippen molar-refractivity contribution in [2.75, 3.05) is 6.61 Å². The average molecular weight is 344 g/mol. The van der Waals surface area contributed by atoms with Crippen molar-refractivity contribution in [3.8, 4) is 0 Å². The third-order valence-corrected chi connectivity index (χ3v) is 3.77. The van der Waals surface area contributed by atoms with E-state index in [9.17, 15) is 23.4 Å². The van der Waals surface area contributed by atoms with Crippen molar-refractivity contribution < 1.29 is 33.2 Å². The smallest absolute Gasteiger partial charge is 0.394 e. The van der Waals surface area contributed by atoms with Gasteiger partial charge in [0, 0.05) is 6.20 Å². The molecule has 1 aromatic heterocycles. The molecule has 6 nitrogen and oxygen atoms in total. The van der Waals surface area contributed by atoms with Crippen LogP contribution in [0, 0.1) is 9.41 Å². The van der Waals surface area contributed by atoms with Crippen LogP contribution in [0.3, 0.4) is 0 Å². The van der Waals surface area contributed by atoms with Crippen LogP contribution >= 0.6 is 24.4 Å². The summed E-state index contributed by atoms with van der Waals surface area (Å²) in [7, 11) is 0. The molecule has 0 aliphatic carbocycles. The number of aromatic amines is 1. The van der Waals surface area contributed by atoms with Crippen LogP contribution in [0.1, 0.15) is 6.23 Å². The fourth-order valence-electron chi connectivity index (χ4n) is 2.11. The molecule has 2 heterocycles. The molecule has 0 bridgehead atoms. The van der Waals surface area contributed by atoms with Gasteiger partial charge in [0.15, 0.2) is 11.0 Å². The van der Waals surface area contributed by atoms with Crippen molar-refractivity contribution in [1.82, 2.24) is 9.55 Å². The van der Waals surface area contributed by atoms with Crippen molar-refractivity contribution in [3.05, 3.63) is 21.7 Å². The van der Waals surface area contributed by atoms with Crippen molar-refractivity contribution in [2.24, 2.45) is 0 Å². The van der Waals surface area contributed by atoms with Crippen molar-refractivity contribution in [2.45, 2.75) is 30.2 Å². The highest BCUT2D eigenvalue weighted by atomic mass is 32.1. The number of halogens is 3. The fraction of sp³-hybridized carbons (Fsp3) is 0.600. The lowest BCUT2D eigenvalue weighted by molar-refractivity contribution is -0.304. The molecule has 1 aliphatic rings. The van der Waals surface area contributed by atoms with E-state index in [1.165, 1.54) is 6.07 Å². The molecule has 2 rings (SSSR count). The maximum atomic E-state index is 13.2. The summed E-state index contributed by atoms with van der Waals surface area (Å²) in [5, 5.41) is 28.7. The first-order valence-electron chi connectivity index (χ1n) is 5.68. The van der Waals surface area contributed by atoms with Crippen molar-refractivity contribution in [1.29, 1.82) is 0 Å². The summed E-state index contributed by atoms with van der Waals surface area (Å²) in [6, 6.07) is 1.25. The van der Waals surface area contributed by atoms with Crippen LogP contribution in [0.15, 0.2) is 12.3 Å². The number of aliphatic hydroxyl groups excluding tert-OH is 2. The number of rotatable bonds is 2. The third-order valence-electron chi connectivity index (χ3n) is 3.22. The Labute approximate surface area is 126 Å². The highest BCUT2D eigenvalue weighted by Gasteiger charge is 2.70. The number of hydrogen-bond acceptors (Lipinski definition) is 6. The van der Waals surface area contributed by atoms with Crippen LogP contribution in [-0.4, -0.2) is 55.5 Å². The highest BCUT2D eigenvalue weighted by Crippen LogP contribution is 2.48. The fourth-order valence-corrected chi connectivity index (χ4v) is 2.60. The molecular formula is C10H11F3N2O4S2. The van der Waals surface area contributed by atoms with E-state index >= 15 is 0 Å². The number of aromatic nitrogens is 2. The first kappa shape index (κ1) is 16.5. The van der Waals surface area contributed by atoms with Crippen molar-refractivity contribution in [3.63, 3.8) is 0 Å². The number of nitrogens with zero attached hydrogens (tertiary/aromatic N) is 1. The Morgan fingerprint density at radius 2 is 2.05 bits per heavy atom. The van der Waals surface area contributed by atoms with Gasteiger partial charge in [-0.15, -0.1) is 0 Å². The second-order valence-electron chi connectivity index (χ2n) is 4.49. The van der Waals surface area contributed by atoms with Gasteiger partial charge in [0.05, 0.1) is 6.61 Å². The van der Waals surface area contributed by atoms with Crippen LogP contribution in [-0.2, 0) is 4.74 Å². The van der Waals surface area contributed by atoms with Crippen LogP contribution in [0.5, 0.6) is 0 Å². The van der Waals surface area contributed by atoms with Crippen LogP contribution in [0.4, 0.5) is 13.2 Å². The molecular weight excluding hydrogens is 333 g/mol. The zero-order valence-electron chi connectivity index (χ0n) is 10.2. The molecule has 0 saturated carbocycles. The summed E-state index contributed by atoms with van der Waals surface area (Å²) in [4.78, 5) is 2.44. The van der Waals surface area contributed by atoms with Gasteiger partial charge in [0.25, 0.3) is 0 Å². The molecule has 1 aliphatic heterocycles. The van der Waals surface area contributed by atoms with Crippen LogP contribution < -0.4 is 0 Å². The van der Waals surface area contributed by atoms with Gasteiger partial charge in [0.2, 0.25) is 5.60 Å². The summed E-state index contributed by atoms with van der Waals surface area (Å²) in [5.74, 6) is 0. The first-order valence-corrected chi connectivity index (χ1v) is 6.49. The lowest BCUT2D eigenvalue weighted by atomic mass is 9.93. The normalized spacial score (nSPS) is 33.3. The Morgan fingerprint density at radius 1 is 1.43 bits per heavy atom. The Kier molecular flexibility index (Phi) is 4.26. The standard InChI is InChI=1S/C10H11F3N2O4S2/c11-10(12,13)9(18)6(17)4(3-16)19-7(9)15-2-1-5(20)14-8(15)21/h1-2,4,6-7,16-18H,3H2,(H,14,20,21)/t4-,6?,7-,9-/m1/s1. The zero-order valence-corrected chi connectivity index (χ0v) is 11.9. The largest absolute Gasteiger partial charge is 0.424 e. The third kappa shape index (κ3) is 2.53. The number of nitrogens with one attached hydrogen (secondary N) is 1. The van der Waals surface area contributed by atoms with Gasteiger partial charge < -0.3 is 25.0 Å². The minimum Gasteiger partial charge on any atom is -0.394 e. The number of alkyl halides is 3. The van der Waals surface area contributed by atoms with E-state index in [1.807, 2.05) is 0 Å². The predicted octanol–water partition coefficient (Wildman–Crippen LogP) is 0.819. The Morgan fingerprint density at radius 3 is 2.52 bits per heavy atom. The van der Waals surface area contributed by atoms with Crippen molar-refractivity contribution >= 4 is 24.4 Å². The molecule has 1 saturated heterocycles. The lowest BCUT2D eigenvalue weighted by Crippen LogP contribution is -2.57. The van der Waals surface area contributed by atoms with E-state index in [0.29, 0.717) is 0 Å². The van der Waals surface area contributed by atoms with E-state index in [1.54, 1.807) is 0 Å². The highest BCUT2D eigenvalue weighted by molar-refractivity contribution is 7.72. The molecule has 1 unspecified atom stereocenters. The van der Waals surface area contributed by atoms with Gasteiger partial charge in [0.1, 0.15) is 16.8 Å². The molecule has 0 spiro atoms. The van der Waals surface area contributed by atoms with E-state index in [-0.39, 0.29) is 9.41 Å². The van der Waals surface area contributed by atoms with Gasteiger partial charge in [-0.2, -0.15) is 13.2 Å². The summed E-state index contributed by atoms with van der Waals surface area (Å²) in [5.41, 5.74) is -3.62. The molecule has 0 aromatic carbocycles. The number of aliphatic hydroxyl groups is 3. The predicted molar refractivity (Wildman–Crippen MR) is 68.5 cm³/mol. The van der Waals surface area contributed by atoms with Crippen LogP contribution in [0.25, 0.3) is 0 Å². The van der Waals surface area contributed by atoms with Gasteiger partial charge in [-0.25, -0.2) is 0 Å². The van der Waals surface area contributed by atoms with Gasteiger partial charge in [-0.1, -0.05) is 12.2 Å². The van der Waals surface area contributed by atoms with E-state index in [2.05, 4.69) is 4.98 Å². The van der Waals surface area contributed by atoms with Gasteiger partial charge >= 0.3 is 6.18 Å². The summed E-state index contributed by atoms with van der Waals surface area (Å²) in [6.45, 7) is -0.897. The minimum absolute atomic E-state index is 0.184. The molecule has 118 valence electrons. The average Bonchev–Trinajstić information content (AvgIpc) is 2.63. The molecule has 4 N–H and O–H groups in total. The Balaban J connectivity index is 2.60. The summed E-state index contributed by atoms with van der Waals surface area (Å²) in [6.07, 6.45) is -10.1. The topological polar surface area (TPSA) is 90.6 Å². The number of hydrogen-bond donors (Lipinski definition) is 4. The molecule has 4 atom stereocenters. The summed E-state index contributed by atoms with van der Waals surface area (Å²) >= 11 is 9.64. The van der Waals surface area contributed by atoms with Gasteiger partial charge in [-0.05, 0) is 18.3 Å². The van der Waals surface area contributed by atoms with E-state index < -0.39 is 36.8 Å². The maximum Gasteiger partial charge on any atom is 0.424 e. The number of ether oxygens (including phenoxy) is 1. The second kappa shape index (κ2) is 5.41. The first-order chi connectivity index (χ1) is 9.62. The Bertz CT molecular complexity index is 646.